The molecule has 0 spiro atoms. The molecule has 0 N–H and O–H groups in total. The maximum Gasteiger partial charge on any atom is 0.309 e. The zero-order chi connectivity index (χ0) is 14.4. The molecule has 2 atom stereocenters. The van der Waals surface area contributed by atoms with Gasteiger partial charge in [0, 0.05) is 19.3 Å². The van der Waals surface area contributed by atoms with Crippen molar-refractivity contribution < 1.29 is 14.3 Å². The van der Waals surface area contributed by atoms with E-state index < -0.39 is 5.79 Å². The molecule has 1 aliphatic heterocycles. The van der Waals surface area contributed by atoms with Gasteiger partial charge < -0.3 is 9.47 Å². The zero-order valence-corrected chi connectivity index (χ0v) is 12.9. The Kier molecular flexibility index (Phi) is 5.49. The molecule has 1 fully saturated rings. The topological polar surface area (TPSA) is 35.5 Å². The van der Waals surface area contributed by atoms with Crippen molar-refractivity contribution in [3.8, 4) is 0 Å². The van der Waals surface area contributed by atoms with Crippen LogP contribution in [-0.4, -0.2) is 24.1 Å². The van der Waals surface area contributed by atoms with Gasteiger partial charge in [0.15, 0.2) is 0 Å². The quantitative estimate of drug-likeness (QED) is 0.717. The number of thioether (sulfide) groups is 1. The highest BCUT2D eigenvalue weighted by atomic mass is 32.2. The number of benzene rings is 1. The normalized spacial score (nSPS) is 25.7. The van der Waals surface area contributed by atoms with E-state index in [4.69, 9.17) is 9.47 Å². The minimum absolute atomic E-state index is 0.0757. The van der Waals surface area contributed by atoms with E-state index in [1.165, 1.54) is 5.56 Å². The Hall–Kier alpha value is -1.00. The molecular weight excluding hydrogens is 272 g/mol. The molecule has 1 aromatic carbocycles. The molecular formula is C16H22O3S. The predicted molar refractivity (Wildman–Crippen MR) is 81.5 cm³/mol. The fraction of sp³-hybridized carbons (Fsp3) is 0.562. The van der Waals surface area contributed by atoms with Crippen molar-refractivity contribution in [1.29, 1.82) is 0 Å². The molecule has 3 nitrogen and oxygen atoms in total. The lowest BCUT2D eigenvalue weighted by Gasteiger charge is -2.31. The number of hydrogen-bond donors (Lipinski definition) is 0. The van der Waals surface area contributed by atoms with Crippen LogP contribution in [0.5, 0.6) is 0 Å². The second-order valence-corrected chi connectivity index (χ2v) is 6.27. The van der Waals surface area contributed by atoms with Crippen molar-refractivity contribution in [3.05, 3.63) is 35.9 Å². The van der Waals surface area contributed by atoms with E-state index in [9.17, 15) is 4.79 Å². The van der Waals surface area contributed by atoms with E-state index in [0.29, 0.717) is 6.42 Å². The summed E-state index contributed by atoms with van der Waals surface area (Å²) in [6.07, 6.45) is 3.29. The van der Waals surface area contributed by atoms with Crippen molar-refractivity contribution in [1.82, 2.24) is 0 Å². The molecule has 0 radical (unpaired) electrons. The first kappa shape index (κ1) is 15.4. The van der Waals surface area contributed by atoms with Crippen molar-refractivity contribution >= 4 is 17.7 Å². The van der Waals surface area contributed by atoms with Gasteiger partial charge in [-0.3, -0.25) is 4.79 Å². The van der Waals surface area contributed by atoms with Crippen molar-refractivity contribution in [2.75, 3.05) is 7.11 Å². The molecule has 0 unspecified atom stereocenters. The standard InChI is InChI=1S/C16H22O3S/c1-3-4-10-16(18-2)14(11-15(17)19-16)20-12-13-8-6-5-7-9-13/h5-9,14H,3-4,10-12H2,1-2H3/t14-,16-/m0/s1. The van der Waals surface area contributed by atoms with E-state index in [2.05, 4.69) is 19.1 Å². The van der Waals surface area contributed by atoms with Gasteiger partial charge >= 0.3 is 5.97 Å². The Morgan fingerprint density at radius 3 is 2.80 bits per heavy atom. The van der Waals surface area contributed by atoms with Gasteiger partial charge in [0.05, 0.1) is 11.7 Å². The molecule has 1 aliphatic rings. The van der Waals surface area contributed by atoms with Crippen molar-refractivity contribution in [2.24, 2.45) is 0 Å². The number of methoxy groups -OCH3 is 1. The molecule has 0 aromatic heterocycles. The third-order valence-electron chi connectivity index (χ3n) is 3.65. The van der Waals surface area contributed by atoms with Crippen molar-refractivity contribution in [2.45, 2.75) is 49.4 Å². The molecule has 110 valence electrons. The summed E-state index contributed by atoms with van der Waals surface area (Å²) in [5.74, 6) is -0.000130. The van der Waals surface area contributed by atoms with Gasteiger partial charge in [-0.25, -0.2) is 0 Å². The van der Waals surface area contributed by atoms with Crippen LogP contribution in [0.2, 0.25) is 0 Å². The summed E-state index contributed by atoms with van der Waals surface area (Å²) >= 11 is 1.75. The number of ether oxygens (including phenoxy) is 2. The predicted octanol–water partition coefficient (Wildman–Crippen LogP) is 3.77. The molecule has 2 rings (SSSR count). The molecule has 1 saturated heterocycles. The SMILES string of the molecule is CCCC[C@]1(OC)OC(=O)C[C@@H]1SCc1ccccc1. The van der Waals surface area contributed by atoms with Gasteiger partial charge in [-0.1, -0.05) is 43.7 Å². The third-order valence-corrected chi connectivity index (χ3v) is 5.08. The summed E-state index contributed by atoms with van der Waals surface area (Å²) in [6, 6.07) is 10.3. The largest absolute Gasteiger partial charge is 0.432 e. The number of carbonyl (C=O) groups is 1. The van der Waals surface area contributed by atoms with E-state index in [1.54, 1.807) is 18.9 Å². The molecule has 0 amide bonds. The smallest absolute Gasteiger partial charge is 0.309 e. The summed E-state index contributed by atoms with van der Waals surface area (Å²) in [5.41, 5.74) is 1.26. The molecule has 1 aromatic rings. The minimum Gasteiger partial charge on any atom is -0.432 e. The van der Waals surface area contributed by atoms with E-state index in [1.807, 2.05) is 18.2 Å². The Labute approximate surface area is 125 Å². The first-order valence-electron chi connectivity index (χ1n) is 7.12. The number of rotatable bonds is 7. The fourth-order valence-electron chi connectivity index (χ4n) is 2.47. The highest BCUT2D eigenvalue weighted by Gasteiger charge is 2.49. The first-order valence-corrected chi connectivity index (χ1v) is 8.17. The van der Waals surface area contributed by atoms with Crippen LogP contribution in [0.4, 0.5) is 0 Å². The highest BCUT2D eigenvalue weighted by Crippen LogP contribution is 2.41. The molecule has 0 saturated carbocycles. The second kappa shape index (κ2) is 7.14. The summed E-state index contributed by atoms with van der Waals surface area (Å²) in [5, 5.41) is 0.0757. The van der Waals surface area contributed by atoms with Crippen LogP contribution in [0.15, 0.2) is 30.3 Å². The lowest BCUT2D eigenvalue weighted by Crippen LogP contribution is -2.39. The Morgan fingerprint density at radius 1 is 1.40 bits per heavy atom. The molecule has 1 heterocycles. The average molecular weight is 294 g/mol. The van der Waals surface area contributed by atoms with Gasteiger partial charge in [0.2, 0.25) is 5.79 Å². The van der Waals surface area contributed by atoms with Crippen molar-refractivity contribution in [3.63, 3.8) is 0 Å². The fourth-order valence-corrected chi connectivity index (χ4v) is 3.83. The van der Waals surface area contributed by atoms with Crippen LogP contribution in [-0.2, 0) is 20.0 Å². The number of unbranched alkanes of at least 4 members (excludes halogenated alkanes) is 1. The van der Waals surface area contributed by atoms with Gasteiger partial charge in [-0.05, 0) is 12.0 Å². The minimum atomic E-state index is -0.730. The van der Waals surface area contributed by atoms with Crippen LogP contribution >= 0.6 is 11.8 Å². The summed E-state index contributed by atoms with van der Waals surface area (Å²) in [6.45, 7) is 2.13. The Bertz CT molecular complexity index is 435. The van der Waals surface area contributed by atoms with Crippen LogP contribution in [0.3, 0.4) is 0 Å². The number of hydrogen-bond acceptors (Lipinski definition) is 4. The lowest BCUT2D eigenvalue weighted by atomic mass is 10.1. The second-order valence-electron chi connectivity index (χ2n) is 5.08. The van der Waals surface area contributed by atoms with Crippen LogP contribution in [0.25, 0.3) is 0 Å². The summed E-state index contributed by atoms with van der Waals surface area (Å²) in [7, 11) is 1.64. The number of cyclic esters (lactones) is 1. The first-order chi connectivity index (χ1) is 9.70. The zero-order valence-electron chi connectivity index (χ0n) is 12.1. The van der Waals surface area contributed by atoms with E-state index in [-0.39, 0.29) is 11.2 Å². The van der Waals surface area contributed by atoms with Gasteiger partial charge in [-0.15, -0.1) is 11.8 Å². The van der Waals surface area contributed by atoms with Gasteiger partial charge in [-0.2, -0.15) is 0 Å². The molecule has 20 heavy (non-hydrogen) atoms. The lowest BCUT2D eigenvalue weighted by molar-refractivity contribution is -0.202. The molecule has 0 aliphatic carbocycles. The monoisotopic (exact) mass is 294 g/mol. The third kappa shape index (κ3) is 3.55. The molecule has 0 bridgehead atoms. The van der Waals surface area contributed by atoms with Crippen LogP contribution in [0, 0.1) is 0 Å². The maximum atomic E-state index is 11.7. The van der Waals surface area contributed by atoms with Crippen LogP contribution < -0.4 is 0 Å². The summed E-state index contributed by atoms with van der Waals surface area (Å²) in [4.78, 5) is 11.7. The highest BCUT2D eigenvalue weighted by molar-refractivity contribution is 7.99. The number of carbonyl (C=O) groups excluding carboxylic acids is 1. The van der Waals surface area contributed by atoms with E-state index in [0.717, 1.165) is 25.0 Å². The van der Waals surface area contributed by atoms with Crippen LogP contribution in [0.1, 0.15) is 38.2 Å². The van der Waals surface area contributed by atoms with Gasteiger partial charge in [0.25, 0.3) is 0 Å². The maximum absolute atomic E-state index is 11.7. The van der Waals surface area contributed by atoms with E-state index >= 15 is 0 Å². The molecule has 4 heteroatoms. The van der Waals surface area contributed by atoms with Gasteiger partial charge in [0.1, 0.15) is 0 Å². The Balaban J connectivity index is 2.01. The Morgan fingerprint density at radius 2 is 2.15 bits per heavy atom. The average Bonchev–Trinajstić information content (AvgIpc) is 2.80. The number of esters is 1. The summed E-state index contributed by atoms with van der Waals surface area (Å²) < 4.78 is 11.1.